The smallest absolute Gasteiger partial charge is 0.274 e. The molecule has 2 aromatic carbocycles. The zero-order valence-corrected chi connectivity index (χ0v) is 22.5. The van der Waals surface area contributed by atoms with Gasteiger partial charge in [-0.05, 0) is 68.0 Å². The Morgan fingerprint density at radius 1 is 1.12 bits per heavy atom. The van der Waals surface area contributed by atoms with Crippen LogP contribution in [0.1, 0.15) is 58.9 Å². The van der Waals surface area contributed by atoms with E-state index in [-0.39, 0.29) is 40.7 Å². The molecule has 1 spiro atoms. The third kappa shape index (κ3) is 3.40. The number of ether oxygens (including phenoxy) is 1. The molecule has 40 heavy (non-hydrogen) atoms. The largest absolute Gasteiger partial charge is 0.381 e. The van der Waals surface area contributed by atoms with E-state index in [1.165, 1.54) is 12.1 Å². The highest BCUT2D eigenvalue weighted by atomic mass is 19.1. The molecule has 8 rings (SSSR count). The average Bonchev–Trinajstić information content (AvgIpc) is 3.56. The Bertz CT molecular complexity index is 1720. The molecular weight excluding hydrogens is 509 g/mol. The maximum Gasteiger partial charge on any atom is 0.274 e. The second kappa shape index (κ2) is 8.72. The van der Waals surface area contributed by atoms with Crippen molar-refractivity contribution in [2.75, 3.05) is 26.3 Å². The number of carbonyl (C=O) groups is 1. The number of hydrogen-bond acceptors (Lipinski definition) is 5. The lowest BCUT2D eigenvalue weighted by Crippen LogP contribution is -2.77. The van der Waals surface area contributed by atoms with E-state index in [0.29, 0.717) is 29.8 Å². The van der Waals surface area contributed by atoms with Gasteiger partial charge in [0, 0.05) is 55.8 Å². The molecule has 3 saturated heterocycles. The Morgan fingerprint density at radius 2 is 1.93 bits per heavy atom. The Labute approximate surface area is 230 Å². The van der Waals surface area contributed by atoms with Gasteiger partial charge in [-0.25, -0.2) is 9.37 Å². The predicted molar refractivity (Wildman–Crippen MR) is 148 cm³/mol. The number of halogens is 1. The first-order valence-electron chi connectivity index (χ1n) is 14.3. The zero-order valence-electron chi connectivity index (χ0n) is 22.5. The van der Waals surface area contributed by atoms with Gasteiger partial charge in [-0.3, -0.25) is 18.9 Å². The van der Waals surface area contributed by atoms with E-state index >= 15 is 0 Å². The lowest BCUT2D eigenvalue weighted by atomic mass is 9.53. The maximum absolute atomic E-state index is 14.1. The Hall–Kier alpha value is -3.56. The number of hydrogen-bond donors (Lipinski definition) is 1. The number of amides is 1. The summed E-state index contributed by atoms with van der Waals surface area (Å²) in [6.07, 6.45) is 5.58. The third-order valence-electron chi connectivity index (χ3n) is 10.1. The molecule has 1 saturated carbocycles. The summed E-state index contributed by atoms with van der Waals surface area (Å²) in [5, 5.41) is 0. The van der Waals surface area contributed by atoms with E-state index in [4.69, 9.17) is 4.74 Å². The van der Waals surface area contributed by atoms with Crippen molar-refractivity contribution in [2.24, 2.45) is 5.41 Å². The topological polar surface area (TPSA) is 82.9 Å². The average molecular weight is 542 g/mol. The van der Waals surface area contributed by atoms with Gasteiger partial charge in [0.1, 0.15) is 17.2 Å². The maximum atomic E-state index is 14.1. The van der Waals surface area contributed by atoms with Gasteiger partial charge in [-0.2, -0.15) is 0 Å². The summed E-state index contributed by atoms with van der Waals surface area (Å²) in [5.74, 6) is 0.947. The van der Waals surface area contributed by atoms with Gasteiger partial charge in [-0.15, -0.1) is 0 Å². The van der Waals surface area contributed by atoms with E-state index in [9.17, 15) is 14.0 Å². The highest BCUT2D eigenvalue weighted by Gasteiger charge is 2.70. The Balaban J connectivity index is 1.11. The minimum atomic E-state index is -0.222. The van der Waals surface area contributed by atoms with Crippen LogP contribution in [-0.4, -0.2) is 68.5 Å². The van der Waals surface area contributed by atoms with Crippen molar-refractivity contribution in [3.05, 3.63) is 81.3 Å². The molecule has 4 fully saturated rings. The van der Waals surface area contributed by atoms with Gasteiger partial charge in [0.05, 0.1) is 23.3 Å². The van der Waals surface area contributed by atoms with E-state index in [2.05, 4.69) is 19.8 Å². The molecule has 3 unspecified atom stereocenters. The van der Waals surface area contributed by atoms with Gasteiger partial charge in [-0.1, -0.05) is 12.1 Å². The number of nitrogens with zero attached hydrogens (tertiary/aromatic N) is 4. The van der Waals surface area contributed by atoms with Crippen molar-refractivity contribution in [1.29, 1.82) is 0 Å². The third-order valence-corrected chi connectivity index (χ3v) is 10.1. The number of likely N-dealkylation sites (tertiary alicyclic amines) is 2. The highest BCUT2D eigenvalue weighted by molar-refractivity contribution is 6.00. The number of H-pyrrole nitrogens is 1. The number of benzene rings is 2. The second-order valence-corrected chi connectivity index (χ2v) is 12.2. The molecule has 4 aromatic rings. The van der Waals surface area contributed by atoms with Gasteiger partial charge in [0.2, 0.25) is 0 Å². The van der Waals surface area contributed by atoms with Crippen molar-refractivity contribution >= 4 is 22.5 Å². The van der Waals surface area contributed by atoms with E-state index < -0.39 is 0 Å². The van der Waals surface area contributed by atoms with Crippen LogP contribution in [0.3, 0.4) is 0 Å². The molecule has 3 aliphatic heterocycles. The van der Waals surface area contributed by atoms with Gasteiger partial charge in [0.25, 0.3) is 11.5 Å². The molecular formula is C31H32FN5O3. The summed E-state index contributed by atoms with van der Waals surface area (Å²) in [4.78, 5) is 39.3. The summed E-state index contributed by atoms with van der Waals surface area (Å²) >= 11 is 0. The van der Waals surface area contributed by atoms with Crippen LogP contribution in [-0.2, 0) is 11.3 Å². The zero-order chi connectivity index (χ0) is 27.2. The molecule has 5 heterocycles. The number of fused-ring (bicyclic) bond motifs is 3. The minimum absolute atomic E-state index is 0.0459. The van der Waals surface area contributed by atoms with Crippen LogP contribution in [0.5, 0.6) is 0 Å². The highest BCUT2D eigenvalue weighted by Crippen LogP contribution is 2.61. The van der Waals surface area contributed by atoms with Crippen LogP contribution in [0.2, 0.25) is 0 Å². The molecule has 8 nitrogen and oxygen atoms in total. The van der Waals surface area contributed by atoms with Crippen molar-refractivity contribution in [3.63, 3.8) is 0 Å². The molecule has 0 bridgehead atoms. The second-order valence-electron chi connectivity index (χ2n) is 12.2. The van der Waals surface area contributed by atoms with Crippen LogP contribution >= 0.6 is 0 Å². The number of aromatic amines is 1. The molecule has 1 amide bonds. The SMILES string of the molecule is Cc1cc2c(cc1C(=O)N1C3CCC34CN(Cc3ccc(F)cc3)CC14)[nH]c(=O)c1cnc(C3CCOCC3)n12. The lowest BCUT2D eigenvalue weighted by Gasteiger charge is -2.67. The summed E-state index contributed by atoms with van der Waals surface area (Å²) in [6.45, 7) is 5.94. The molecule has 206 valence electrons. The fraction of sp³-hybridized carbons (Fsp3) is 0.452. The van der Waals surface area contributed by atoms with Gasteiger partial charge >= 0.3 is 0 Å². The van der Waals surface area contributed by atoms with Gasteiger partial charge < -0.3 is 14.6 Å². The summed E-state index contributed by atoms with van der Waals surface area (Å²) in [7, 11) is 0. The van der Waals surface area contributed by atoms with Crippen LogP contribution in [0.25, 0.3) is 16.6 Å². The lowest BCUT2D eigenvalue weighted by molar-refractivity contribution is -0.149. The molecule has 4 aliphatic rings. The Morgan fingerprint density at radius 3 is 2.67 bits per heavy atom. The quantitative estimate of drug-likeness (QED) is 0.422. The fourth-order valence-electron chi connectivity index (χ4n) is 7.95. The molecule has 2 aromatic heterocycles. The van der Waals surface area contributed by atoms with Crippen molar-refractivity contribution in [2.45, 2.75) is 57.2 Å². The normalized spacial score (nSPS) is 26.5. The van der Waals surface area contributed by atoms with E-state index in [0.717, 1.165) is 67.8 Å². The predicted octanol–water partition coefficient (Wildman–Crippen LogP) is 4.01. The molecule has 9 heteroatoms. The standard InChI is InChI=1S/C31H32FN5O3/c1-18-12-24-23(34-29(38)25-14-33-28(36(24)25)20-7-10-40-11-8-20)13-22(18)30(39)37-26-6-9-31(26)17-35(16-27(31)37)15-19-2-4-21(32)5-3-19/h2-5,12-14,20,26-27H,6-11,15-17H2,1H3,(H,34,38). The summed E-state index contributed by atoms with van der Waals surface area (Å²) in [6, 6.07) is 11.0. The molecule has 0 radical (unpaired) electrons. The van der Waals surface area contributed by atoms with Crippen molar-refractivity contribution in [1.82, 2.24) is 24.2 Å². The first-order chi connectivity index (χ1) is 19.4. The fourth-order valence-corrected chi connectivity index (χ4v) is 7.95. The number of carbonyl (C=O) groups excluding carboxylic acids is 1. The molecule has 1 aliphatic carbocycles. The number of imidazole rings is 1. The monoisotopic (exact) mass is 541 g/mol. The first-order valence-corrected chi connectivity index (χ1v) is 14.3. The van der Waals surface area contributed by atoms with Gasteiger partial charge in [0.15, 0.2) is 0 Å². The molecule has 1 N–H and O–H groups in total. The number of aromatic nitrogens is 3. The first kappa shape index (κ1) is 24.3. The number of nitrogens with one attached hydrogen (secondary N) is 1. The number of rotatable bonds is 4. The molecule has 3 atom stereocenters. The summed E-state index contributed by atoms with van der Waals surface area (Å²) < 4.78 is 20.9. The summed E-state index contributed by atoms with van der Waals surface area (Å²) in [5.41, 5.74) is 4.67. The van der Waals surface area contributed by atoms with Crippen LogP contribution < -0.4 is 5.56 Å². The van der Waals surface area contributed by atoms with E-state index in [1.54, 1.807) is 6.20 Å². The van der Waals surface area contributed by atoms with Crippen molar-refractivity contribution in [3.8, 4) is 0 Å². The van der Waals surface area contributed by atoms with E-state index in [1.807, 2.05) is 35.6 Å². The van der Waals surface area contributed by atoms with Crippen molar-refractivity contribution < 1.29 is 13.9 Å². The van der Waals surface area contributed by atoms with Crippen LogP contribution in [0, 0.1) is 18.2 Å². The Kier molecular flexibility index (Phi) is 5.29. The van der Waals surface area contributed by atoms with Crippen LogP contribution in [0.4, 0.5) is 4.39 Å². The van der Waals surface area contributed by atoms with Crippen LogP contribution in [0.15, 0.2) is 47.4 Å². The number of aryl methyl sites for hydroxylation is 1. The number of piperidine rings is 1. The minimum Gasteiger partial charge on any atom is -0.381 e.